The fourth-order valence-electron chi connectivity index (χ4n) is 3.26. The van der Waals surface area contributed by atoms with E-state index in [2.05, 4.69) is 25.7 Å². The SMILES string of the molecule is C.Cc1nc(NCc2cnn(Cc3ccc(F)nc3)c2)cc2c1NC(=O)[C@H](C)N2C. The first-order chi connectivity index (χ1) is 13.9. The number of fused-ring (bicyclic) bond motifs is 1. The van der Waals surface area contributed by atoms with E-state index >= 15 is 0 Å². The number of anilines is 3. The minimum atomic E-state index is -0.494. The van der Waals surface area contributed by atoms with E-state index in [0.717, 1.165) is 34.0 Å². The lowest BCUT2D eigenvalue weighted by Gasteiger charge is -2.34. The minimum Gasteiger partial charge on any atom is -0.366 e. The molecule has 0 aromatic carbocycles. The number of nitrogens with zero attached hydrogens (tertiary/aromatic N) is 5. The Bertz CT molecular complexity index is 1050. The first-order valence-electron chi connectivity index (χ1n) is 9.31. The van der Waals surface area contributed by atoms with Crippen molar-refractivity contribution in [1.82, 2.24) is 19.7 Å². The van der Waals surface area contributed by atoms with Crippen LogP contribution in [-0.4, -0.2) is 38.7 Å². The van der Waals surface area contributed by atoms with Gasteiger partial charge < -0.3 is 15.5 Å². The van der Waals surface area contributed by atoms with E-state index in [-0.39, 0.29) is 19.4 Å². The van der Waals surface area contributed by atoms with Crippen LogP contribution >= 0.6 is 0 Å². The van der Waals surface area contributed by atoms with Crippen molar-refractivity contribution in [2.24, 2.45) is 0 Å². The molecular weight excluding hydrogens is 385 g/mol. The van der Waals surface area contributed by atoms with Crippen LogP contribution in [0, 0.1) is 12.9 Å². The van der Waals surface area contributed by atoms with E-state index in [0.29, 0.717) is 13.1 Å². The van der Waals surface area contributed by atoms with Crippen molar-refractivity contribution < 1.29 is 9.18 Å². The number of halogens is 1. The highest BCUT2D eigenvalue weighted by Crippen LogP contribution is 2.34. The lowest BCUT2D eigenvalue weighted by molar-refractivity contribution is -0.117. The number of pyridine rings is 2. The largest absolute Gasteiger partial charge is 0.366 e. The highest BCUT2D eigenvalue weighted by molar-refractivity contribution is 6.04. The molecule has 30 heavy (non-hydrogen) atoms. The van der Waals surface area contributed by atoms with Crippen molar-refractivity contribution in [3.05, 3.63) is 59.6 Å². The Hall–Kier alpha value is -3.49. The van der Waals surface area contributed by atoms with Crippen molar-refractivity contribution >= 4 is 23.1 Å². The molecule has 0 fully saturated rings. The Morgan fingerprint density at radius 3 is 2.80 bits per heavy atom. The molecule has 0 aliphatic carbocycles. The number of aryl methyl sites for hydroxylation is 1. The van der Waals surface area contributed by atoms with Gasteiger partial charge in [-0.2, -0.15) is 9.49 Å². The molecule has 0 spiro atoms. The van der Waals surface area contributed by atoms with E-state index < -0.39 is 5.95 Å². The first-order valence-corrected chi connectivity index (χ1v) is 9.31. The second kappa shape index (κ2) is 8.48. The molecule has 4 rings (SSSR count). The van der Waals surface area contributed by atoms with Crippen molar-refractivity contribution in [2.45, 2.75) is 40.4 Å². The molecule has 2 N–H and O–H groups in total. The van der Waals surface area contributed by atoms with Crippen molar-refractivity contribution in [1.29, 1.82) is 0 Å². The number of hydrogen-bond acceptors (Lipinski definition) is 6. The maximum absolute atomic E-state index is 12.9. The third kappa shape index (κ3) is 4.24. The number of rotatable bonds is 5. The van der Waals surface area contributed by atoms with E-state index in [1.165, 1.54) is 12.3 Å². The average Bonchev–Trinajstić information content (AvgIpc) is 3.15. The number of carbonyl (C=O) groups excluding carboxylic acids is 1. The summed E-state index contributed by atoms with van der Waals surface area (Å²) in [5.41, 5.74) is 4.32. The second-order valence-corrected chi connectivity index (χ2v) is 7.15. The van der Waals surface area contributed by atoms with Crippen LogP contribution in [0.4, 0.5) is 21.6 Å². The summed E-state index contributed by atoms with van der Waals surface area (Å²) in [6, 6.07) is 4.73. The molecule has 3 aromatic heterocycles. The van der Waals surface area contributed by atoms with Crippen LogP contribution in [0.2, 0.25) is 0 Å². The van der Waals surface area contributed by atoms with Gasteiger partial charge in [0.2, 0.25) is 11.9 Å². The summed E-state index contributed by atoms with van der Waals surface area (Å²) in [4.78, 5) is 22.2. The van der Waals surface area contributed by atoms with Crippen molar-refractivity contribution in [3.63, 3.8) is 0 Å². The lowest BCUT2D eigenvalue weighted by Crippen LogP contribution is -2.44. The van der Waals surface area contributed by atoms with Crippen LogP contribution in [0.5, 0.6) is 0 Å². The molecule has 9 heteroatoms. The summed E-state index contributed by atoms with van der Waals surface area (Å²) in [5.74, 6) is 0.202. The summed E-state index contributed by atoms with van der Waals surface area (Å²) in [7, 11) is 1.90. The van der Waals surface area contributed by atoms with Gasteiger partial charge in [-0.05, 0) is 25.5 Å². The van der Waals surface area contributed by atoms with Gasteiger partial charge in [0.25, 0.3) is 0 Å². The van der Waals surface area contributed by atoms with Crippen LogP contribution in [0.15, 0.2) is 36.8 Å². The van der Waals surface area contributed by atoms with E-state index in [4.69, 9.17) is 0 Å². The first kappa shape index (κ1) is 21.2. The average molecular weight is 411 g/mol. The number of amides is 1. The Kier molecular flexibility index (Phi) is 6.00. The third-order valence-corrected chi connectivity index (χ3v) is 5.06. The molecule has 4 heterocycles. The van der Waals surface area contributed by atoms with Crippen LogP contribution in [0.25, 0.3) is 0 Å². The summed E-state index contributed by atoms with van der Waals surface area (Å²) < 4.78 is 14.7. The summed E-state index contributed by atoms with van der Waals surface area (Å²) >= 11 is 0. The van der Waals surface area contributed by atoms with Crippen molar-refractivity contribution in [3.8, 4) is 0 Å². The van der Waals surface area contributed by atoms with Gasteiger partial charge in [-0.15, -0.1) is 0 Å². The summed E-state index contributed by atoms with van der Waals surface area (Å²) in [6.45, 7) is 4.82. The number of nitrogens with one attached hydrogen (secondary N) is 2. The van der Waals surface area contributed by atoms with E-state index in [9.17, 15) is 9.18 Å². The molecular formula is C21H26FN7O. The van der Waals surface area contributed by atoms with E-state index in [1.807, 2.05) is 38.1 Å². The van der Waals surface area contributed by atoms with Crippen LogP contribution in [-0.2, 0) is 17.9 Å². The molecule has 0 saturated heterocycles. The summed E-state index contributed by atoms with van der Waals surface area (Å²) in [6.07, 6.45) is 5.21. The Morgan fingerprint density at radius 2 is 2.07 bits per heavy atom. The Morgan fingerprint density at radius 1 is 1.27 bits per heavy atom. The standard InChI is InChI=1S/C20H22FN7O.CH4/c1-12-19-16(27(3)13(2)20(29)26-19)6-18(25-12)23-8-15-9-24-28(11-15)10-14-4-5-17(21)22-7-14;/h4-7,9,11,13H,8,10H2,1-3H3,(H,23,25)(H,26,29);1H4/t13-;/m0./s1. The van der Waals surface area contributed by atoms with Gasteiger partial charge in [-0.3, -0.25) is 9.48 Å². The predicted molar refractivity (Wildman–Crippen MR) is 115 cm³/mol. The monoisotopic (exact) mass is 411 g/mol. The van der Waals surface area contributed by atoms with E-state index in [1.54, 1.807) is 16.9 Å². The molecule has 8 nitrogen and oxygen atoms in total. The molecule has 0 radical (unpaired) electrons. The van der Waals surface area contributed by atoms with Crippen LogP contribution < -0.4 is 15.5 Å². The van der Waals surface area contributed by atoms with Crippen LogP contribution in [0.1, 0.15) is 31.2 Å². The zero-order valence-electron chi connectivity index (χ0n) is 16.5. The van der Waals surface area contributed by atoms with Crippen molar-refractivity contribution in [2.75, 3.05) is 22.6 Å². The topological polar surface area (TPSA) is 88.0 Å². The third-order valence-electron chi connectivity index (χ3n) is 5.06. The molecule has 158 valence electrons. The second-order valence-electron chi connectivity index (χ2n) is 7.15. The minimum absolute atomic E-state index is 0. The molecule has 0 saturated carbocycles. The maximum atomic E-state index is 12.9. The number of carbonyl (C=O) groups is 1. The van der Waals surface area contributed by atoms with Gasteiger partial charge in [0, 0.05) is 37.6 Å². The van der Waals surface area contributed by atoms with Gasteiger partial charge in [0.1, 0.15) is 11.9 Å². The quantitative estimate of drug-likeness (QED) is 0.627. The number of likely N-dealkylation sites (N-methyl/N-ethyl adjacent to an activating group) is 1. The summed E-state index contributed by atoms with van der Waals surface area (Å²) in [5, 5.41) is 10.6. The number of hydrogen-bond donors (Lipinski definition) is 2. The van der Waals surface area contributed by atoms with Gasteiger partial charge in [-0.25, -0.2) is 9.97 Å². The molecule has 1 amide bonds. The maximum Gasteiger partial charge on any atom is 0.246 e. The molecule has 1 atom stereocenters. The van der Waals surface area contributed by atoms with Gasteiger partial charge in [0.05, 0.1) is 29.8 Å². The molecule has 3 aromatic rings. The predicted octanol–water partition coefficient (Wildman–Crippen LogP) is 3.19. The zero-order valence-corrected chi connectivity index (χ0v) is 16.5. The molecule has 1 aliphatic rings. The highest BCUT2D eigenvalue weighted by atomic mass is 19.1. The molecule has 0 unspecified atom stereocenters. The van der Waals surface area contributed by atoms with Gasteiger partial charge in [0.15, 0.2) is 0 Å². The van der Waals surface area contributed by atoms with Gasteiger partial charge in [-0.1, -0.05) is 13.5 Å². The molecule has 0 bridgehead atoms. The fraction of sp³-hybridized carbons (Fsp3) is 0.333. The molecule has 1 aliphatic heterocycles. The fourth-order valence-corrected chi connectivity index (χ4v) is 3.26. The Labute approximate surface area is 175 Å². The van der Waals surface area contributed by atoms with Gasteiger partial charge >= 0.3 is 0 Å². The normalized spacial score (nSPS) is 15.3. The zero-order chi connectivity index (χ0) is 20.5. The number of aromatic nitrogens is 4. The smallest absolute Gasteiger partial charge is 0.246 e. The lowest BCUT2D eigenvalue weighted by atomic mass is 10.1. The van der Waals surface area contributed by atoms with Crippen LogP contribution in [0.3, 0.4) is 0 Å². The highest BCUT2D eigenvalue weighted by Gasteiger charge is 2.28. The Balaban J connectivity index is 0.00000256.